The lowest BCUT2D eigenvalue weighted by atomic mass is 10.1. The smallest absolute Gasteiger partial charge is 0.175 e. The molecule has 1 aliphatic rings. The van der Waals surface area contributed by atoms with E-state index < -0.39 is 9.84 Å². The Balaban J connectivity index is 1.91. The van der Waals surface area contributed by atoms with E-state index in [1.165, 1.54) is 18.4 Å². The second-order valence-corrected chi connectivity index (χ2v) is 8.01. The van der Waals surface area contributed by atoms with Crippen molar-refractivity contribution in [2.45, 2.75) is 18.4 Å². The number of halogens is 1. The van der Waals surface area contributed by atoms with Gasteiger partial charge >= 0.3 is 0 Å². The highest BCUT2D eigenvalue weighted by Crippen LogP contribution is 2.36. The van der Waals surface area contributed by atoms with Gasteiger partial charge in [-0.2, -0.15) is 0 Å². The van der Waals surface area contributed by atoms with E-state index in [2.05, 4.69) is 4.98 Å². The van der Waals surface area contributed by atoms with Crippen molar-refractivity contribution in [3.8, 4) is 22.7 Å². The summed E-state index contributed by atoms with van der Waals surface area (Å²) in [6.07, 6.45) is 1.18. The van der Waals surface area contributed by atoms with Gasteiger partial charge in [-0.05, 0) is 31.2 Å². The summed E-state index contributed by atoms with van der Waals surface area (Å²) < 4.78 is 44.3. The molecule has 2 aromatic carbocycles. The van der Waals surface area contributed by atoms with Crippen LogP contribution in [0, 0.1) is 12.7 Å². The van der Waals surface area contributed by atoms with Crippen LogP contribution in [-0.2, 0) is 16.4 Å². The van der Waals surface area contributed by atoms with Crippen LogP contribution < -0.4 is 4.74 Å². The molecule has 3 aromatic rings. The Morgan fingerprint density at radius 3 is 2.56 bits per heavy atom. The molecule has 2 heterocycles. The highest BCUT2D eigenvalue weighted by molar-refractivity contribution is 7.90. The molecule has 0 saturated carbocycles. The Morgan fingerprint density at radius 2 is 1.88 bits per heavy atom. The summed E-state index contributed by atoms with van der Waals surface area (Å²) in [5.41, 5.74) is 3.18. The van der Waals surface area contributed by atoms with E-state index in [9.17, 15) is 12.8 Å². The van der Waals surface area contributed by atoms with Crippen molar-refractivity contribution in [1.82, 2.24) is 9.55 Å². The summed E-state index contributed by atoms with van der Waals surface area (Å²) in [7, 11) is -3.25. The van der Waals surface area contributed by atoms with Gasteiger partial charge in [0.05, 0.1) is 22.0 Å². The molecule has 0 amide bonds. The Morgan fingerprint density at radius 1 is 1.16 bits per heavy atom. The van der Waals surface area contributed by atoms with Crippen LogP contribution in [0.2, 0.25) is 0 Å². The van der Waals surface area contributed by atoms with Crippen molar-refractivity contribution < 1.29 is 17.5 Å². The summed E-state index contributed by atoms with van der Waals surface area (Å²) in [6.45, 7) is 2.13. The fourth-order valence-electron chi connectivity index (χ4n) is 3.07. The van der Waals surface area contributed by atoms with E-state index in [1.807, 2.05) is 11.5 Å². The predicted molar refractivity (Wildman–Crippen MR) is 91.1 cm³/mol. The summed E-state index contributed by atoms with van der Waals surface area (Å²) >= 11 is 0. The zero-order chi connectivity index (χ0) is 17.8. The van der Waals surface area contributed by atoms with Gasteiger partial charge in [0.1, 0.15) is 18.2 Å². The van der Waals surface area contributed by atoms with Crippen LogP contribution in [0.1, 0.15) is 11.5 Å². The lowest BCUT2D eigenvalue weighted by Gasteiger charge is -2.21. The van der Waals surface area contributed by atoms with Gasteiger partial charge < -0.3 is 4.74 Å². The molecule has 0 saturated heterocycles. The van der Waals surface area contributed by atoms with Gasteiger partial charge in [0.25, 0.3) is 0 Å². The normalized spacial score (nSPS) is 13.1. The van der Waals surface area contributed by atoms with Crippen LogP contribution in [0.25, 0.3) is 16.9 Å². The Labute approximate surface area is 144 Å². The highest BCUT2D eigenvalue weighted by atomic mass is 32.2. The minimum Gasteiger partial charge on any atom is -0.483 e. The number of ether oxygens (including phenoxy) is 1. The molecule has 0 unspecified atom stereocenters. The van der Waals surface area contributed by atoms with Crippen LogP contribution in [0.3, 0.4) is 0 Å². The number of sulfone groups is 1. The molecule has 0 aliphatic carbocycles. The first-order valence-corrected chi connectivity index (χ1v) is 9.55. The Kier molecular flexibility index (Phi) is 3.43. The second kappa shape index (κ2) is 5.42. The highest BCUT2D eigenvalue weighted by Gasteiger charge is 2.24. The van der Waals surface area contributed by atoms with Crippen molar-refractivity contribution >= 4 is 9.84 Å². The summed E-state index contributed by atoms with van der Waals surface area (Å²) in [4.78, 5) is 4.81. The molecule has 1 aromatic heterocycles. The largest absolute Gasteiger partial charge is 0.483 e. The number of fused-ring (bicyclic) bond motifs is 3. The van der Waals surface area contributed by atoms with Gasteiger partial charge in [-0.15, -0.1) is 0 Å². The molecule has 25 heavy (non-hydrogen) atoms. The first-order valence-electron chi connectivity index (χ1n) is 7.66. The number of imidazole rings is 1. The van der Waals surface area contributed by atoms with Crippen molar-refractivity contribution in [3.63, 3.8) is 0 Å². The first kappa shape index (κ1) is 15.8. The second-order valence-electron chi connectivity index (χ2n) is 5.99. The van der Waals surface area contributed by atoms with Gasteiger partial charge in [-0.3, -0.25) is 4.57 Å². The molecular formula is C18H15FN2O3S. The van der Waals surface area contributed by atoms with Gasteiger partial charge in [-0.25, -0.2) is 17.8 Å². The quantitative estimate of drug-likeness (QED) is 0.705. The minimum atomic E-state index is -3.25. The molecular weight excluding hydrogens is 343 g/mol. The molecule has 0 spiro atoms. The average Bonchev–Trinajstić information content (AvgIpc) is 2.90. The third-order valence-corrected chi connectivity index (χ3v) is 5.33. The molecule has 0 N–H and O–H groups in total. The van der Waals surface area contributed by atoms with Gasteiger partial charge in [0, 0.05) is 17.9 Å². The molecule has 0 atom stereocenters. The summed E-state index contributed by atoms with van der Waals surface area (Å²) in [6, 6.07) is 11.1. The fraction of sp³-hybridized carbons (Fsp3) is 0.167. The number of hydrogen-bond acceptors (Lipinski definition) is 4. The van der Waals surface area contributed by atoms with E-state index in [4.69, 9.17) is 4.74 Å². The van der Waals surface area contributed by atoms with Crippen molar-refractivity contribution in [3.05, 3.63) is 59.8 Å². The molecule has 0 radical (unpaired) electrons. The van der Waals surface area contributed by atoms with Gasteiger partial charge in [0.2, 0.25) is 0 Å². The zero-order valence-electron chi connectivity index (χ0n) is 13.7. The number of aromatic nitrogens is 2. The van der Waals surface area contributed by atoms with E-state index in [1.54, 1.807) is 30.3 Å². The van der Waals surface area contributed by atoms with Gasteiger partial charge in [-0.1, -0.05) is 12.1 Å². The van der Waals surface area contributed by atoms with Crippen LogP contribution in [-0.4, -0.2) is 24.2 Å². The zero-order valence-corrected chi connectivity index (χ0v) is 14.5. The molecule has 7 heteroatoms. The third kappa shape index (κ3) is 2.60. The van der Waals surface area contributed by atoms with Crippen molar-refractivity contribution in [2.24, 2.45) is 0 Å². The Bertz CT molecular complexity index is 1090. The molecule has 5 nitrogen and oxygen atoms in total. The maximum atomic E-state index is 13.5. The fourth-order valence-corrected chi connectivity index (χ4v) is 3.70. The number of benzene rings is 2. The van der Waals surface area contributed by atoms with Gasteiger partial charge in [0.15, 0.2) is 15.7 Å². The monoisotopic (exact) mass is 358 g/mol. The lowest BCUT2D eigenvalue weighted by Crippen LogP contribution is -2.14. The van der Waals surface area contributed by atoms with Crippen LogP contribution >= 0.6 is 0 Å². The topological polar surface area (TPSA) is 61.2 Å². The summed E-state index contributed by atoms with van der Waals surface area (Å²) in [5, 5.41) is 0. The summed E-state index contributed by atoms with van der Waals surface area (Å²) in [5.74, 6) is 0.816. The number of rotatable bonds is 2. The van der Waals surface area contributed by atoms with Crippen LogP contribution in [0.4, 0.5) is 4.39 Å². The average molecular weight is 358 g/mol. The third-order valence-electron chi connectivity index (χ3n) is 4.20. The molecule has 0 fully saturated rings. The Hall–Kier alpha value is -2.67. The maximum Gasteiger partial charge on any atom is 0.175 e. The standard InChI is InChI=1S/C18H15FN2O3S/c1-11-18(12-3-6-14(7-4-12)25(2,22)23)21-15-8-5-13(19)9-16(15)24-10-17(21)20-11/h3-9H,10H2,1-2H3. The number of aryl methyl sites for hydroxylation is 1. The first-order chi connectivity index (χ1) is 11.8. The number of hydrogen-bond donors (Lipinski definition) is 0. The van der Waals surface area contributed by atoms with Crippen molar-refractivity contribution in [2.75, 3.05) is 6.26 Å². The van der Waals surface area contributed by atoms with E-state index >= 15 is 0 Å². The molecule has 128 valence electrons. The maximum absolute atomic E-state index is 13.5. The van der Waals surface area contributed by atoms with Crippen LogP contribution in [0.5, 0.6) is 5.75 Å². The minimum absolute atomic E-state index is 0.249. The van der Waals surface area contributed by atoms with Crippen molar-refractivity contribution in [1.29, 1.82) is 0 Å². The molecule has 0 bridgehead atoms. The lowest BCUT2D eigenvalue weighted by molar-refractivity contribution is 0.278. The van der Waals surface area contributed by atoms with E-state index in [0.717, 1.165) is 22.8 Å². The van der Waals surface area contributed by atoms with E-state index in [0.29, 0.717) is 11.4 Å². The van der Waals surface area contributed by atoms with E-state index in [-0.39, 0.29) is 17.3 Å². The molecule has 1 aliphatic heterocycles. The van der Waals surface area contributed by atoms with Crippen LogP contribution in [0.15, 0.2) is 47.4 Å². The SMILES string of the molecule is Cc1nc2n(c1-c1ccc(S(C)(=O)=O)cc1)-c1ccc(F)cc1OC2. The number of nitrogens with zero attached hydrogens (tertiary/aromatic N) is 2. The molecule has 4 rings (SSSR count). The predicted octanol–water partition coefficient (Wildman–Crippen LogP) is 3.28.